The molecule has 0 spiro atoms. The minimum atomic E-state index is -1.03. The van der Waals surface area contributed by atoms with E-state index in [2.05, 4.69) is 0 Å². The van der Waals surface area contributed by atoms with Gasteiger partial charge in [-0.15, -0.1) is 0 Å². The number of carbonyl (C=O) groups is 2. The van der Waals surface area contributed by atoms with Crippen molar-refractivity contribution in [3.05, 3.63) is 99.8 Å². The first-order chi connectivity index (χ1) is 14.3. The van der Waals surface area contributed by atoms with Gasteiger partial charge in [0.05, 0.1) is 18.0 Å². The number of hydrogen-bond acceptors (Lipinski definition) is 2. The second-order valence-electron chi connectivity index (χ2n) is 7.45. The first-order valence-electron chi connectivity index (χ1n) is 9.53. The van der Waals surface area contributed by atoms with E-state index in [1.165, 1.54) is 18.2 Å². The van der Waals surface area contributed by atoms with Gasteiger partial charge < -0.3 is 10.0 Å². The van der Waals surface area contributed by atoms with Crippen LogP contribution in [0.15, 0.2) is 66.7 Å². The first kappa shape index (κ1) is 20.1. The summed E-state index contributed by atoms with van der Waals surface area (Å²) in [5.74, 6) is -2.30. The molecular formula is C24H19ClFNO3. The number of amides is 1. The zero-order valence-corrected chi connectivity index (χ0v) is 16.9. The molecule has 2 atom stereocenters. The number of aromatic carboxylic acids is 1. The number of halogens is 2. The summed E-state index contributed by atoms with van der Waals surface area (Å²) in [5.41, 5.74) is 3.07. The molecule has 0 aromatic heterocycles. The molecule has 6 heteroatoms. The smallest absolute Gasteiger partial charge is 0.335 e. The number of hydrogen-bond donors (Lipinski definition) is 1. The van der Waals surface area contributed by atoms with Crippen LogP contribution in [0.5, 0.6) is 0 Å². The molecule has 0 saturated carbocycles. The predicted molar refractivity (Wildman–Crippen MR) is 114 cm³/mol. The Morgan fingerprint density at radius 3 is 2.57 bits per heavy atom. The van der Waals surface area contributed by atoms with E-state index >= 15 is 0 Å². The Bertz CT molecular complexity index is 1130. The normalized spacial score (nSPS) is 16.4. The lowest BCUT2D eigenvalue weighted by atomic mass is 9.83. The quantitative estimate of drug-likeness (QED) is 0.580. The molecule has 0 radical (unpaired) electrons. The third-order valence-electron chi connectivity index (χ3n) is 5.56. The van der Waals surface area contributed by atoms with Crippen LogP contribution < -0.4 is 4.90 Å². The maximum Gasteiger partial charge on any atom is 0.335 e. The number of fused-ring (bicyclic) bond motifs is 1. The molecule has 0 saturated heterocycles. The molecular weight excluding hydrogens is 405 g/mol. The van der Waals surface area contributed by atoms with Crippen molar-refractivity contribution in [2.24, 2.45) is 0 Å². The Labute approximate surface area is 178 Å². The summed E-state index contributed by atoms with van der Waals surface area (Å²) in [4.78, 5) is 26.3. The lowest BCUT2D eigenvalue weighted by molar-refractivity contribution is -0.119. The fourth-order valence-corrected chi connectivity index (χ4v) is 4.16. The molecule has 4 nitrogen and oxygen atoms in total. The van der Waals surface area contributed by atoms with Gasteiger partial charge in [-0.1, -0.05) is 42.8 Å². The van der Waals surface area contributed by atoms with E-state index in [4.69, 9.17) is 11.6 Å². The molecule has 1 aliphatic rings. The fraction of sp³-hybridized carbons (Fsp3) is 0.167. The highest BCUT2D eigenvalue weighted by molar-refractivity contribution is 6.30. The molecule has 0 bridgehead atoms. The van der Waals surface area contributed by atoms with Crippen molar-refractivity contribution in [1.82, 2.24) is 0 Å². The van der Waals surface area contributed by atoms with E-state index in [9.17, 15) is 19.1 Å². The van der Waals surface area contributed by atoms with Crippen molar-refractivity contribution >= 4 is 29.2 Å². The first-order valence-corrected chi connectivity index (χ1v) is 9.91. The Hall–Kier alpha value is -3.18. The molecule has 4 rings (SSSR count). The monoisotopic (exact) mass is 423 g/mol. The van der Waals surface area contributed by atoms with Gasteiger partial charge >= 0.3 is 5.97 Å². The van der Waals surface area contributed by atoms with Gasteiger partial charge in [-0.05, 0) is 65.1 Å². The van der Waals surface area contributed by atoms with Crippen molar-refractivity contribution < 1.29 is 19.1 Å². The summed E-state index contributed by atoms with van der Waals surface area (Å²) in [6.45, 7) is 2.15. The number of benzene rings is 3. The maximum atomic E-state index is 14.1. The Morgan fingerprint density at radius 2 is 1.87 bits per heavy atom. The maximum absolute atomic E-state index is 14.1. The predicted octanol–water partition coefficient (Wildman–Crippen LogP) is 5.61. The molecule has 1 aliphatic heterocycles. The Kier molecular flexibility index (Phi) is 5.31. The van der Waals surface area contributed by atoms with Gasteiger partial charge in [0.2, 0.25) is 5.91 Å². The van der Waals surface area contributed by atoms with Gasteiger partial charge in [0.1, 0.15) is 5.82 Å². The van der Waals surface area contributed by atoms with Crippen LogP contribution in [-0.4, -0.2) is 17.0 Å². The van der Waals surface area contributed by atoms with Crippen molar-refractivity contribution in [2.75, 3.05) is 4.90 Å². The van der Waals surface area contributed by atoms with E-state index in [1.54, 1.807) is 41.3 Å². The molecule has 0 fully saturated rings. The van der Waals surface area contributed by atoms with Gasteiger partial charge in [0.25, 0.3) is 0 Å². The number of carboxylic acids is 1. The highest BCUT2D eigenvalue weighted by atomic mass is 35.5. The number of carbonyl (C=O) groups excluding carboxylic acids is 1. The van der Waals surface area contributed by atoms with Gasteiger partial charge in [-0.2, -0.15) is 0 Å². The van der Waals surface area contributed by atoms with Crippen LogP contribution in [0.1, 0.15) is 45.8 Å². The average molecular weight is 424 g/mol. The Morgan fingerprint density at radius 1 is 1.13 bits per heavy atom. The second kappa shape index (κ2) is 7.92. The summed E-state index contributed by atoms with van der Waals surface area (Å²) in [6, 6.07) is 18.1. The van der Waals surface area contributed by atoms with Crippen LogP contribution in [0.2, 0.25) is 5.02 Å². The van der Waals surface area contributed by atoms with Gasteiger partial charge in [-0.3, -0.25) is 4.79 Å². The third-order valence-corrected chi connectivity index (χ3v) is 5.81. The molecule has 1 heterocycles. The molecule has 152 valence electrons. The lowest BCUT2D eigenvalue weighted by Crippen LogP contribution is -2.30. The highest BCUT2D eigenvalue weighted by Crippen LogP contribution is 2.45. The standard InChI is InChI=1S/C24H19ClFNO3/c1-14(16-5-7-18(25)8-6-16)22-20-12-19(26)9-10-21(20)27(23(22)28)13-15-3-2-4-17(11-15)24(29)30/h2-12,14,22H,13H2,1H3,(H,29,30). The van der Waals surface area contributed by atoms with Gasteiger partial charge in [-0.25, -0.2) is 9.18 Å². The topological polar surface area (TPSA) is 57.6 Å². The second-order valence-corrected chi connectivity index (χ2v) is 7.89. The zero-order valence-electron chi connectivity index (χ0n) is 16.2. The number of anilines is 1. The average Bonchev–Trinajstić information content (AvgIpc) is 2.99. The van der Waals surface area contributed by atoms with Crippen LogP contribution in [-0.2, 0) is 11.3 Å². The largest absolute Gasteiger partial charge is 0.478 e. The van der Waals surface area contributed by atoms with Crippen molar-refractivity contribution in [3.63, 3.8) is 0 Å². The van der Waals surface area contributed by atoms with Crippen LogP contribution in [0.3, 0.4) is 0 Å². The minimum absolute atomic E-state index is 0.140. The van der Waals surface area contributed by atoms with Crippen LogP contribution in [0.4, 0.5) is 10.1 Å². The van der Waals surface area contributed by atoms with Gasteiger partial charge in [0, 0.05) is 10.7 Å². The van der Waals surface area contributed by atoms with Crippen LogP contribution in [0.25, 0.3) is 0 Å². The molecule has 30 heavy (non-hydrogen) atoms. The van der Waals surface area contributed by atoms with Crippen LogP contribution >= 0.6 is 11.6 Å². The molecule has 1 N–H and O–H groups in total. The summed E-state index contributed by atoms with van der Waals surface area (Å²) in [5, 5.41) is 9.85. The van der Waals surface area contributed by atoms with E-state index in [0.29, 0.717) is 21.8 Å². The van der Waals surface area contributed by atoms with E-state index in [0.717, 1.165) is 5.56 Å². The van der Waals surface area contributed by atoms with Gasteiger partial charge in [0.15, 0.2) is 0 Å². The number of nitrogens with zero attached hydrogens (tertiary/aromatic N) is 1. The fourth-order valence-electron chi connectivity index (χ4n) is 4.03. The third kappa shape index (κ3) is 3.68. The SMILES string of the molecule is CC(c1ccc(Cl)cc1)C1C(=O)N(Cc2cccc(C(=O)O)c2)c2ccc(F)cc21. The number of rotatable bonds is 5. The van der Waals surface area contributed by atoms with Crippen molar-refractivity contribution in [1.29, 1.82) is 0 Å². The van der Waals surface area contributed by atoms with Crippen molar-refractivity contribution in [2.45, 2.75) is 25.3 Å². The zero-order chi connectivity index (χ0) is 21.4. The minimum Gasteiger partial charge on any atom is -0.478 e. The lowest BCUT2D eigenvalue weighted by Gasteiger charge is -2.21. The molecule has 1 amide bonds. The number of carboxylic acid groups (broad SMARTS) is 1. The van der Waals surface area contributed by atoms with Crippen LogP contribution in [0, 0.1) is 5.82 Å². The summed E-state index contributed by atoms with van der Waals surface area (Å²) < 4.78 is 14.1. The molecule has 3 aromatic rings. The van der Waals surface area contributed by atoms with E-state index in [1.807, 2.05) is 19.1 Å². The van der Waals surface area contributed by atoms with E-state index in [-0.39, 0.29) is 23.9 Å². The summed E-state index contributed by atoms with van der Waals surface area (Å²) in [6.07, 6.45) is 0. The molecule has 3 aromatic carbocycles. The Balaban J connectivity index is 1.72. The molecule has 2 unspecified atom stereocenters. The van der Waals surface area contributed by atoms with Crippen molar-refractivity contribution in [3.8, 4) is 0 Å². The van der Waals surface area contributed by atoms with E-state index < -0.39 is 17.7 Å². The summed E-state index contributed by atoms with van der Waals surface area (Å²) in [7, 11) is 0. The summed E-state index contributed by atoms with van der Waals surface area (Å²) >= 11 is 5.99. The highest BCUT2D eigenvalue weighted by Gasteiger charge is 2.41. The molecule has 0 aliphatic carbocycles.